The van der Waals surface area contributed by atoms with Crippen molar-refractivity contribution in [2.75, 3.05) is 11.4 Å². The molecule has 2 aromatic rings. The van der Waals surface area contributed by atoms with E-state index in [1.54, 1.807) is 0 Å². The zero-order chi connectivity index (χ0) is 11.2. The van der Waals surface area contributed by atoms with Crippen molar-refractivity contribution in [1.29, 1.82) is 0 Å². The summed E-state index contributed by atoms with van der Waals surface area (Å²) >= 11 is 0. The molecule has 0 bridgehead atoms. The molecule has 1 nitrogen and oxygen atoms in total. The predicted molar refractivity (Wildman–Crippen MR) is 71.0 cm³/mol. The standard InChI is InChI=1S/C16H15N/c1-2-7-15-12(4-1)8-9-13-5-3-6-14-10-11-17(15)16(13)14/h1-7H,8-11H2. The number of nitrogens with zero attached hydrogens (tertiary/aromatic N) is 1. The molecule has 0 amide bonds. The van der Waals surface area contributed by atoms with Crippen LogP contribution in [0.5, 0.6) is 0 Å². The molecule has 0 saturated carbocycles. The lowest BCUT2D eigenvalue weighted by Crippen LogP contribution is -2.14. The molecular formula is C16H15N. The minimum absolute atomic E-state index is 1.14. The molecule has 0 atom stereocenters. The molecular weight excluding hydrogens is 206 g/mol. The molecule has 1 heteroatoms. The van der Waals surface area contributed by atoms with Crippen molar-refractivity contribution < 1.29 is 0 Å². The average Bonchev–Trinajstić information content (AvgIpc) is 2.73. The Balaban J connectivity index is 1.99. The summed E-state index contributed by atoms with van der Waals surface area (Å²) < 4.78 is 0. The highest BCUT2D eigenvalue weighted by molar-refractivity contribution is 5.76. The molecule has 17 heavy (non-hydrogen) atoms. The van der Waals surface area contributed by atoms with Crippen molar-refractivity contribution in [1.82, 2.24) is 0 Å². The number of fused-ring (bicyclic) bond motifs is 2. The van der Waals surface area contributed by atoms with Gasteiger partial charge in [0.25, 0.3) is 0 Å². The van der Waals surface area contributed by atoms with Crippen LogP contribution in [0, 0.1) is 0 Å². The maximum Gasteiger partial charge on any atom is 0.0476 e. The lowest BCUT2D eigenvalue weighted by molar-refractivity contribution is 0.963. The number of hydrogen-bond donors (Lipinski definition) is 0. The van der Waals surface area contributed by atoms with Gasteiger partial charge in [0.2, 0.25) is 0 Å². The highest BCUT2D eigenvalue weighted by Gasteiger charge is 2.26. The van der Waals surface area contributed by atoms with E-state index in [1.807, 2.05) is 0 Å². The molecule has 2 aromatic carbocycles. The zero-order valence-electron chi connectivity index (χ0n) is 9.82. The lowest BCUT2D eigenvalue weighted by Gasteiger charge is -2.21. The average molecular weight is 221 g/mol. The Morgan fingerprint density at radius 3 is 2.35 bits per heavy atom. The van der Waals surface area contributed by atoms with Gasteiger partial charge in [0, 0.05) is 17.9 Å². The van der Waals surface area contributed by atoms with Gasteiger partial charge in [-0.05, 0) is 42.0 Å². The van der Waals surface area contributed by atoms with Crippen molar-refractivity contribution in [2.24, 2.45) is 0 Å². The van der Waals surface area contributed by atoms with E-state index in [4.69, 9.17) is 0 Å². The van der Waals surface area contributed by atoms with E-state index in [9.17, 15) is 0 Å². The highest BCUT2D eigenvalue weighted by atomic mass is 15.2. The Labute approximate surface area is 102 Å². The van der Waals surface area contributed by atoms with Gasteiger partial charge >= 0.3 is 0 Å². The van der Waals surface area contributed by atoms with Gasteiger partial charge < -0.3 is 4.90 Å². The summed E-state index contributed by atoms with van der Waals surface area (Å²) in [5, 5.41) is 0. The van der Waals surface area contributed by atoms with Gasteiger partial charge in [-0.15, -0.1) is 0 Å². The van der Waals surface area contributed by atoms with Crippen molar-refractivity contribution in [3.63, 3.8) is 0 Å². The van der Waals surface area contributed by atoms with Gasteiger partial charge in [-0.25, -0.2) is 0 Å². The summed E-state index contributed by atoms with van der Waals surface area (Å²) in [5.74, 6) is 0. The summed E-state index contributed by atoms with van der Waals surface area (Å²) in [5.41, 5.74) is 7.47. The van der Waals surface area contributed by atoms with Gasteiger partial charge in [0.1, 0.15) is 0 Å². The molecule has 0 aliphatic carbocycles. The number of hydrogen-bond acceptors (Lipinski definition) is 1. The maximum atomic E-state index is 2.52. The fraction of sp³-hybridized carbons (Fsp3) is 0.250. The normalized spacial score (nSPS) is 16.4. The Morgan fingerprint density at radius 2 is 1.41 bits per heavy atom. The van der Waals surface area contributed by atoms with E-state index in [0.717, 1.165) is 6.54 Å². The number of anilines is 2. The molecule has 84 valence electrons. The largest absolute Gasteiger partial charge is 0.340 e. The van der Waals surface area contributed by atoms with E-state index in [0.29, 0.717) is 0 Å². The number of rotatable bonds is 0. The minimum Gasteiger partial charge on any atom is -0.340 e. The molecule has 0 radical (unpaired) electrons. The summed E-state index contributed by atoms with van der Waals surface area (Å²) in [4.78, 5) is 2.52. The summed E-state index contributed by atoms with van der Waals surface area (Å²) in [6, 6.07) is 15.7. The fourth-order valence-electron chi connectivity index (χ4n) is 3.23. The first kappa shape index (κ1) is 9.29. The molecule has 2 heterocycles. The fourth-order valence-corrected chi connectivity index (χ4v) is 3.23. The van der Waals surface area contributed by atoms with Crippen LogP contribution in [0.3, 0.4) is 0 Å². The van der Waals surface area contributed by atoms with Crippen LogP contribution in [0.15, 0.2) is 42.5 Å². The number of para-hydroxylation sites is 2. The first-order chi connectivity index (χ1) is 8.43. The van der Waals surface area contributed by atoms with Crippen LogP contribution in [0.4, 0.5) is 11.4 Å². The second kappa shape index (κ2) is 3.36. The van der Waals surface area contributed by atoms with Crippen molar-refractivity contribution in [2.45, 2.75) is 19.3 Å². The summed E-state index contributed by atoms with van der Waals surface area (Å²) in [6.45, 7) is 1.14. The van der Waals surface area contributed by atoms with Crippen LogP contribution >= 0.6 is 0 Å². The zero-order valence-corrected chi connectivity index (χ0v) is 9.82. The molecule has 0 fully saturated rings. The van der Waals surface area contributed by atoms with Crippen LogP contribution in [-0.4, -0.2) is 6.54 Å². The van der Waals surface area contributed by atoms with Crippen LogP contribution < -0.4 is 4.90 Å². The maximum absolute atomic E-state index is 2.52. The lowest BCUT2D eigenvalue weighted by atomic mass is 10.0. The first-order valence-electron chi connectivity index (χ1n) is 6.40. The van der Waals surface area contributed by atoms with Crippen LogP contribution in [-0.2, 0) is 19.3 Å². The first-order valence-corrected chi connectivity index (χ1v) is 6.40. The molecule has 0 unspecified atom stereocenters. The minimum atomic E-state index is 1.14. The van der Waals surface area contributed by atoms with Gasteiger partial charge in [-0.3, -0.25) is 0 Å². The molecule has 2 aliphatic heterocycles. The topological polar surface area (TPSA) is 3.24 Å². The monoisotopic (exact) mass is 221 g/mol. The van der Waals surface area contributed by atoms with Crippen LogP contribution in [0.25, 0.3) is 0 Å². The van der Waals surface area contributed by atoms with E-state index < -0.39 is 0 Å². The number of benzene rings is 2. The summed E-state index contributed by atoms with van der Waals surface area (Å²) in [6.07, 6.45) is 3.54. The van der Waals surface area contributed by atoms with E-state index in [2.05, 4.69) is 47.4 Å². The Hall–Kier alpha value is -1.76. The Kier molecular flexibility index (Phi) is 1.84. The highest BCUT2D eigenvalue weighted by Crippen LogP contribution is 2.41. The van der Waals surface area contributed by atoms with E-state index in [-0.39, 0.29) is 0 Å². The van der Waals surface area contributed by atoms with Gasteiger partial charge in [-0.1, -0.05) is 36.4 Å². The van der Waals surface area contributed by atoms with Crippen molar-refractivity contribution in [3.05, 3.63) is 59.2 Å². The SMILES string of the molecule is c1ccc2c(c1)CCc1cccc3c1N2CC3. The smallest absolute Gasteiger partial charge is 0.0476 e. The Bertz CT molecular complexity index is 586. The van der Waals surface area contributed by atoms with Gasteiger partial charge in [0.15, 0.2) is 0 Å². The molecule has 2 aliphatic rings. The second-order valence-corrected chi connectivity index (χ2v) is 4.96. The molecule has 0 aromatic heterocycles. The molecule has 0 spiro atoms. The van der Waals surface area contributed by atoms with Gasteiger partial charge in [0.05, 0.1) is 0 Å². The third-order valence-electron chi connectivity index (χ3n) is 4.02. The Morgan fingerprint density at radius 1 is 0.706 bits per heavy atom. The van der Waals surface area contributed by atoms with Crippen molar-refractivity contribution >= 4 is 11.4 Å². The summed E-state index contributed by atoms with van der Waals surface area (Å²) in [7, 11) is 0. The third kappa shape index (κ3) is 1.25. The molecule has 0 saturated heterocycles. The molecule has 4 rings (SSSR count). The number of aryl methyl sites for hydroxylation is 2. The van der Waals surface area contributed by atoms with Crippen LogP contribution in [0.2, 0.25) is 0 Å². The van der Waals surface area contributed by atoms with Crippen LogP contribution in [0.1, 0.15) is 16.7 Å². The van der Waals surface area contributed by atoms with Crippen molar-refractivity contribution in [3.8, 4) is 0 Å². The van der Waals surface area contributed by atoms with Gasteiger partial charge in [-0.2, -0.15) is 0 Å². The predicted octanol–water partition coefficient (Wildman–Crippen LogP) is 3.48. The van der Waals surface area contributed by atoms with E-state index in [1.165, 1.54) is 47.3 Å². The molecule has 0 N–H and O–H groups in total. The van der Waals surface area contributed by atoms with E-state index >= 15 is 0 Å². The quantitative estimate of drug-likeness (QED) is 0.658. The third-order valence-corrected chi connectivity index (χ3v) is 4.02. The second-order valence-electron chi connectivity index (χ2n) is 4.96.